The largest absolute Gasteiger partial charge is 0.398 e. The topological polar surface area (TPSA) is 66.6 Å². The van der Waals surface area contributed by atoms with Gasteiger partial charge in [-0.3, -0.25) is 4.79 Å². The second-order valence-corrected chi connectivity index (χ2v) is 5.23. The maximum absolute atomic E-state index is 12.5. The minimum Gasteiger partial charge on any atom is -0.398 e. The molecule has 1 aromatic rings. The molecule has 1 fully saturated rings. The van der Waals surface area contributed by atoms with E-state index in [-0.39, 0.29) is 18.6 Å². The van der Waals surface area contributed by atoms with Crippen LogP contribution in [-0.4, -0.2) is 35.1 Å². The van der Waals surface area contributed by atoms with E-state index in [1.54, 1.807) is 6.07 Å². The van der Waals surface area contributed by atoms with Crippen molar-refractivity contribution in [3.05, 3.63) is 29.3 Å². The minimum absolute atomic E-state index is 0.0622. The zero-order valence-electron chi connectivity index (χ0n) is 11.4. The third kappa shape index (κ3) is 3.07. The number of anilines is 1. The summed E-state index contributed by atoms with van der Waals surface area (Å²) in [5, 5.41) is 8.92. The van der Waals surface area contributed by atoms with Crippen LogP contribution in [0.5, 0.6) is 0 Å². The lowest BCUT2D eigenvalue weighted by atomic mass is 10.1. The van der Waals surface area contributed by atoms with Crippen molar-refractivity contribution in [2.45, 2.75) is 38.6 Å². The smallest absolute Gasteiger partial charge is 0.254 e. The summed E-state index contributed by atoms with van der Waals surface area (Å²) in [7, 11) is 0. The van der Waals surface area contributed by atoms with Crippen LogP contribution in [0.1, 0.15) is 41.6 Å². The number of hydrogen-bond donors (Lipinski definition) is 2. The van der Waals surface area contributed by atoms with Gasteiger partial charge in [0.1, 0.15) is 0 Å². The Labute approximate surface area is 114 Å². The molecule has 3 N–H and O–H groups in total. The maximum atomic E-state index is 12.5. The molecule has 1 heterocycles. The molecule has 0 aliphatic carbocycles. The van der Waals surface area contributed by atoms with Crippen LogP contribution < -0.4 is 5.73 Å². The second-order valence-electron chi connectivity index (χ2n) is 5.23. The van der Waals surface area contributed by atoms with Gasteiger partial charge >= 0.3 is 0 Å². The van der Waals surface area contributed by atoms with Crippen LogP contribution in [0.25, 0.3) is 0 Å². The molecule has 1 aliphatic heterocycles. The lowest BCUT2D eigenvalue weighted by molar-refractivity contribution is 0.0724. The molecule has 1 aliphatic rings. The Kier molecular flexibility index (Phi) is 4.43. The van der Waals surface area contributed by atoms with Gasteiger partial charge in [-0.05, 0) is 50.3 Å². The number of likely N-dealkylation sites (tertiary alicyclic amines) is 1. The van der Waals surface area contributed by atoms with E-state index in [4.69, 9.17) is 10.8 Å². The average Bonchev–Trinajstić information content (AvgIpc) is 2.87. The van der Waals surface area contributed by atoms with Crippen molar-refractivity contribution < 1.29 is 9.90 Å². The molecule has 1 atom stereocenters. The fourth-order valence-corrected chi connectivity index (χ4v) is 2.67. The van der Waals surface area contributed by atoms with E-state index in [9.17, 15) is 4.79 Å². The predicted molar refractivity (Wildman–Crippen MR) is 76.0 cm³/mol. The van der Waals surface area contributed by atoms with E-state index in [0.29, 0.717) is 11.3 Å². The molecule has 0 spiro atoms. The molecular weight excluding hydrogens is 240 g/mol. The number of rotatable bonds is 4. The molecule has 0 bridgehead atoms. The Bertz CT molecular complexity index is 459. The summed E-state index contributed by atoms with van der Waals surface area (Å²) in [6, 6.07) is 5.76. The Morgan fingerprint density at radius 1 is 1.53 bits per heavy atom. The van der Waals surface area contributed by atoms with E-state index in [1.807, 2.05) is 24.0 Å². The van der Waals surface area contributed by atoms with Gasteiger partial charge < -0.3 is 15.7 Å². The standard InChI is InChI=1S/C15H22N2O2/c1-11-6-7-12(10-14(11)16)15(19)17-8-2-4-13(17)5-3-9-18/h6-7,10,13,18H,2-5,8-9,16H2,1H3. The summed E-state index contributed by atoms with van der Waals surface area (Å²) in [5.74, 6) is 0.0622. The quantitative estimate of drug-likeness (QED) is 0.815. The van der Waals surface area contributed by atoms with E-state index in [2.05, 4.69) is 0 Å². The molecule has 1 amide bonds. The van der Waals surface area contributed by atoms with Gasteiger partial charge in [-0.1, -0.05) is 6.07 Å². The van der Waals surface area contributed by atoms with E-state index < -0.39 is 0 Å². The lowest BCUT2D eigenvalue weighted by Gasteiger charge is -2.25. The van der Waals surface area contributed by atoms with Gasteiger partial charge in [0.05, 0.1) is 0 Å². The summed E-state index contributed by atoms with van der Waals surface area (Å²) in [4.78, 5) is 14.4. The van der Waals surface area contributed by atoms with Gasteiger partial charge in [0.25, 0.3) is 5.91 Å². The Hall–Kier alpha value is -1.55. The summed E-state index contributed by atoms with van der Waals surface area (Å²) in [6.07, 6.45) is 3.71. The van der Waals surface area contributed by atoms with Crippen LogP contribution in [0, 0.1) is 6.92 Å². The number of aryl methyl sites for hydroxylation is 1. The molecule has 104 valence electrons. The van der Waals surface area contributed by atoms with Crippen molar-refractivity contribution in [3.63, 3.8) is 0 Å². The first-order chi connectivity index (χ1) is 9.13. The summed E-state index contributed by atoms with van der Waals surface area (Å²) in [6.45, 7) is 2.93. The van der Waals surface area contributed by atoms with Crippen molar-refractivity contribution in [2.75, 3.05) is 18.9 Å². The zero-order chi connectivity index (χ0) is 13.8. The third-order valence-electron chi connectivity index (χ3n) is 3.86. The summed E-state index contributed by atoms with van der Waals surface area (Å²) < 4.78 is 0. The van der Waals surface area contributed by atoms with Crippen LogP contribution in [0.4, 0.5) is 5.69 Å². The van der Waals surface area contributed by atoms with Crippen molar-refractivity contribution in [3.8, 4) is 0 Å². The highest BCUT2D eigenvalue weighted by molar-refractivity contribution is 5.95. The number of aliphatic hydroxyl groups excluding tert-OH is 1. The van der Waals surface area contributed by atoms with Crippen LogP contribution in [0.3, 0.4) is 0 Å². The van der Waals surface area contributed by atoms with E-state index >= 15 is 0 Å². The predicted octanol–water partition coefficient (Wildman–Crippen LogP) is 1.95. The summed E-state index contributed by atoms with van der Waals surface area (Å²) >= 11 is 0. The number of nitrogens with two attached hydrogens (primary N) is 1. The van der Waals surface area contributed by atoms with Gasteiger partial charge in [-0.15, -0.1) is 0 Å². The van der Waals surface area contributed by atoms with Gasteiger partial charge in [0.2, 0.25) is 0 Å². The zero-order valence-corrected chi connectivity index (χ0v) is 11.4. The van der Waals surface area contributed by atoms with Crippen molar-refractivity contribution in [1.29, 1.82) is 0 Å². The monoisotopic (exact) mass is 262 g/mol. The third-order valence-corrected chi connectivity index (χ3v) is 3.86. The van der Waals surface area contributed by atoms with Gasteiger partial charge in [-0.25, -0.2) is 0 Å². The first-order valence-corrected chi connectivity index (χ1v) is 6.91. The molecule has 2 rings (SSSR count). The summed E-state index contributed by atoms with van der Waals surface area (Å²) in [5.41, 5.74) is 8.19. The van der Waals surface area contributed by atoms with Crippen molar-refractivity contribution in [2.24, 2.45) is 0 Å². The Morgan fingerprint density at radius 2 is 2.32 bits per heavy atom. The Balaban J connectivity index is 2.11. The molecule has 4 nitrogen and oxygen atoms in total. The Morgan fingerprint density at radius 3 is 3.00 bits per heavy atom. The first kappa shape index (κ1) is 13.9. The second kappa shape index (κ2) is 6.06. The molecule has 4 heteroatoms. The van der Waals surface area contributed by atoms with Crippen LogP contribution in [0.15, 0.2) is 18.2 Å². The highest BCUT2D eigenvalue weighted by Crippen LogP contribution is 2.24. The SMILES string of the molecule is Cc1ccc(C(=O)N2CCCC2CCCO)cc1N. The van der Waals surface area contributed by atoms with E-state index in [0.717, 1.165) is 37.8 Å². The van der Waals surface area contributed by atoms with Gasteiger partial charge in [0.15, 0.2) is 0 Å². The molecule has 19 heavy (non-hydrogen) atoms. The van der Waals surface area contributed by atoms with Gasteiger partial charge in [0, 0.05) is 30.4 Å². The molecule has 1 saturated heterocycles. The molecular formula is C15H22N2O2. The number of nitrogen functional groups attached to an aromatic ring is 1. The maximum Gasteiger partial charge on any atom is 0.254 e. The first-order valence-electron chi connectivity index (χ1n) is 6.91. The van der Waals surface area contributed by atoms with E-state index in [1.165, 1.54) is 0 Å². The fraction of sp³-hybridized carbons (Fsp3) is 0.533. The number of carbonyl (C=O) groups is 1. The van der Waals surface area contributed by atoms with Crippen LogP contribution >= 0.6 is 0 Å². The number of aliphatic hydroxyl groups is 1. The molecule has 1 aromatic carbocycles. The lowest BCUT2D eigenvalue weighted by Crippen LogP contribution is -2.35. The number of hydrogen-bond acceptors (Lipinski definition) is 3. The highest BCUT2D eigenvalue weighted by atomic mass is 16.3. The molecule has 0 saturated carbocycles. The molecule has 1 unspecified atom stereocenters. The number of amides is 1. The fourth-order valence-electron chi connectivity index (χ4n) is 2.67. The normalized spacial score (nSPS) is 18.8. The molecule has 0 radical (unpaired) electrons. The average molecular weight is 262 g/mol. The highest BCUT2D eigenvalue weighted by Gasteiger charge is 2.28. The molecule has 0 aromatic heterocycles. The van der Waals surface area contributed by atoms with Crippen molar-refractivity contribution in [1.82, 2.24) is 4.90 Å². The van der Waals surface area contributed by atoms with Crippen molar-refractivity contribution >= 4 is 11.6 Å². The number of nitrogens with zero attached hydrogens (tertiary/aromatic N) is 1. The minimum atomic E-state index is 0.0622. The van der Waals surface area contributed by atoms with Gasteiger partial charge in [-0.2, -0.15) is 0 Å². The number of carbonyl (C=O) groups excluding carboxylic acids is 1. The van der Waals surface area contributed by atoms with Crippen LogP contribution in [-0.2, 0) is 0 Å². The van der Waals surface area contributed by atoms with Crippen LogP contribution in [0.2, 0.25) is 0 Å². The number of benzene rings is 1.